The summed E-state index contributed by atoms with van der Waals surface area (Å²) in [7, 11) is 1.43. The van der Waals surface area contributed by atoms with Crippen molar-refractivity contribution < 1.29 is 14.3 Å². The van der Waals surface area contributed by atoms with Gasteiger partial charge in [-0.2, -0.15) is 0 Å². The van der Waals surface area contributed by atoms with Crippen LogP contribution in [0.3, 0.4) is 0 Å². The Morgan fingerprint density at radius 2 is 1.74 bits per heavy atom. The van der Waals surface area contributed by atoms with E-state index in [1.54, 1.807) is 11.8 Å². The minimum Gasteiger partial charge on any atom is -0.487 e. The fraction of sp³-hybridized carbons (Fsp3) is 0.179. The molecule has 0 bridgehead atoms. The Kier molecular flexibility index (Phi) is 9.30. The zero-order chi connectivity index (χ0) is 32.3. The largest absolute Gasteiger partial charge is 0.487 e. The molecule has 8 heteroatoms. The number of thioether (sulfide) groups is 1. The van der Waals surface area contributed by atoms with Gasteiger partial charge in [-0.15, -0.1) is 11.8 Å². The molecule has 1 aliphatic rings. The number of carbonyl (C=O) groups is 1. The van der Waals surface area contributed by atoms with Crippen molar-refractivity contribution in [2.24, 2.45) is 0 Å². The van der Waals surface area contributed by atoms with Gasteiger partial charge in [-0.1, -0.05) is 97.0 Å². The van der Waals surface area contributed by atoms with Gasteiger partial charge in [0, 0.05) is 49.3 Å². The second-order valence-electron chi connectivity index (χ2n) is 11.6. The summed E-state index contributed by atoms with van der Waals surface area (Å²) >= 11 is 9.87. The number of esters is 1. The molecule has 3 heterocycles. The number of hydrogen-bond acceptors (Lipinski definition) is 6. The molecule has 2 aromatic heterocycles. The minimum absolute atomic E-state index is 0.222. The first-order chi connectivity index (χ1) is 23.0. The predicted octanol–water partition coefficient (Wildman–Crippen LogP) is 9.89. The number of halogens is 1. The summed E-state index contributed by atoms with van der Waals surface area (Å²) in [5, 5.41) is 3.46. The lowest BCUT2D eigenvalue weighted by atomic mass is 10.0. The number of pyridine rings is 1. The summed E-state index contributed by atoms with van der Waals surface area (Å²) in [5.41, 5.74) is 7.61. The van der Waals surface area contributed by atoms with Crippen molar-refractivity contribution in [3.63, 3.8) is 0 Å². The molecular formula is C39H33ClN2O3S2. The fourth-order valence-electron chi connectivity index (χ4n) is 5.99. The molecule has 0 spiro atoms. The first-order valence-electron chi connectivity index (χ1n) is 15.5. The molecule has 0 N–H and O–H groups in total. The van der Waals surface area contributed by atoms with Crippen LogP contribution in [0.1, 0.15) is 29.3 Å². The average Bonchev–Trinajstić information content (AvgIpc) is 3.38. The number of nitrogens with zero attached hydrogens (tertiary/aromatic N) is 2. The van der Waals surface area contributed by atoms with Crippen LogP contribution in [0.2, 0.25) is 5.02 Å². The number of ether oxygens (including phenoxy) is 2. The molecule has 0 saturated carbocycles. The Hall–Kier alpha value is -4.17. The molecule has 47 heavy (non-hydrogen) atoms. The quantitative estimate of drug-likeness (QED) is 0.135. The van der Waals surface area contributed by atoms with Gasteiger partial charge in [-0.25, -0.2) is 0 Å². The van der Waals surface area contributed by atoms with Crippen molar-refractivity contribution in [3.05, 3.63) is 137 Å². The maximum Gasteiger partial charge on any atom is 0.310 e. The number of rotatable bonds is 10. The smallest absolute Gasteiger partial charge is 0.310 e. The van der Waals surface area contributed by atoms with Gasteiger partial charge in [0.05, 0.1) is 29.8 Å². The van der Waals surface area contributed by atoms with Crippen LogP contribution in [0.15, 0.2) is 124 Å². The second kappa shape index (κ2) is 13.9. The zero-order valence-corrected chi connectivity index (χ0v) is 28.5. The molecule has 0 radical (unpaired) electrons. The van der Waals surface area contributed by atoms with Gasteiger partial charge in [0.2, 0.25) is 0 Å². The highest BCUT2D eigenvalue weighted by Crippen LogP contribution is 2.51. The molecule has 236 valence electrons. The normalized spacial score (nSPS) is 13.9. The summed E-state index contributed by atoms with van der Waals surface area (Å²) in [6.45, 7) is 3.34. The summed E-state index contributed by atoms with van der Waals surface area (Å²) in [5.74, 6) is 0.642. The maximum atomic E-state index is 12.3. The second-order valence-corrected chi connectivity index (χ2v) is 14.5. The monoisotopic (exact) mass is 676 g/mol. The molecule has 0 fully saturated rings. The van der Waals surface area contributed by atoms with E-state index in [0.29, 0.717) is 23.4 Å². The predicted molar refractivity (Wildman–Crippen MR) is 192 cm³/mol. The van der Waals surface area contributed by atoms with Crippen LogP contribution in [0.4, 0.5) is 0 Å². The van der Waals surface area contributed by atoms with Crippen LogP contribution < -0.4 is 4.74 Å². The molecule has 0 saturated heterocycles. The van der Waals surface area contributed by atoms with Gasteiger partial charge in [0.25, 0.3) is 0 Å². The SMILES string of the molecule is COC(=O)Cc1ccccc1Sc1c2c3c(c(OCc4ccc(-c5ccccc5)cn4)ccc3n1Cc1ccc(Cl)cc1)CC(C)S2. The molecule has 4 aromatic carbocycles. The van der Waals surface area contributed by atoms with Crippen molar-refractivity contribution in [3.8, 4) is 16.9 Å². The van der Waals surface area contributed by atoms with E-state index in [2.05, 4.69) is 60.0 Å². The maximum absolute atomic E-state index is 12.3. The lowest BCUT2D eigenvalue weighted by molar-refractivity contribution is -0.139. The van der Waals surface area contributed by atoms with Crippen LogP contribution >= 0.6 is 35.1 Å². The van der Waals surface area contributed by atoms with E-state index in [9.17, 15) is 4.79 Å². The molecule has 0 aliphatic carbocycles. The lowest BCUT2D eigenvalue weighted by Gasteiger charge is -2.22. The lowest BCUT2D eigenvalue weighted by Crippen LogP contribution is -2.09. The summed E-state index contributed by atoms with van der Waals surface area (Å²) in [6, 6.07) is 34.8. The van der Waals surface area contributed by atoms with E-state index in [1.165, 1.54) is 23.0 Å². The van der Waals surface area contributed by atoms with Gasteiger partial charge < -0.3 is 14.0 Å². The van der Waals surface area contributed by atoms with Gasteiger partial charge in [0.1, 0.15) is 12.4 Å². The van der Waals surface area contributed by atoms with E-state index in [4.69, 9.17) is 26.1 Å². The number of benzene rings is 4. The van der Waals surface area contributed by atoms with Crippen LogP contribution in [0, 0.1) is 0 Å². The van der Waals surface area contributed by atoms with Crippen molar-refractivity contribution in [1.82, 2.24) is 9.55 Å². The number of aromatic nitrogens is 2. The van der Waals surface area contributed by atoms with Crippen molar-refractivity contribution >= 4 is 52.0 Å². The summed E-state index contributed by atoms with van der Waals surface area (Å²) < 4.78 is 13.9. The molecule has 1 unspecified atom stereocenters. The molecule has 5 nitrogen and oxygen atoms in total. The average molecular weight is 677 g/mol. The van der Waals surface area contributed by atoms with Crippen LogP contribution in [0.25, 0.3) is 22.0 Å². The molecule has 0 amide bonds. The highest BCUT2D eigenvalue weighted by molar-refractivity contribution is 8.02. The minimum atomic E-state index is -0.252. The van der Waals surface area contributed by atoms with Gasteiger partial charge in [0.15, 0.2) is 0 Å². The number of hydrogen-bond donors (Lipinski definition) is 0. The zero-order valence-electron chi connectivity index (χ0n) is 26.1. The number of carbonyl (C=O) groups excluding carboxylic acids is 1. The Morgan fingerprint density at radius 1 is 0.957 bits per heavy atom. The van der Waals surface area contributed by atoms with Crippen LogP contribution in [0.5, 0.6) is 5.75 Å². The Balaban J connectivity index is 1.27. The number of methoxy groups -OCH3 is 1. The third-order valence-corrected chi connectivity index (χ3v) is 11.1. The Labute approximate surface area is 288 Å². The third-order valence-electron chi connectivity index (χ3n) is 8.32. The molecule has 6 aromatic rings. The highest BCUT2D eigenvalue weighted by atomic mass is 35.5. The van der Waals surface area contributed by atoms with Gasteiger partial charge in [-0.3, -0.25) is 9.78 Å². The van der Waals surface area contributed by atoms with Crippen molar-refractivity contribution in [2.45, 2.75) is 53.0 Å². The summed E-state index contributed by atoms with van der Waals surface area (Å²) in [6.07, 6.45) is 3.04. The summed E-state index contributed by atoms with van der Waals surface area (Å²) in [4.78, 5) is 19.3. The molecule has 1 aliphatic heterocycles. The molecule has 7 rings (SSSR count). The van der Waals surface area contributed by atoms with E-state index >= 15 is 0 Å². The van der Waals surface area contributed by atoms with E-state index in [0.717, 1.165) is 55.6 Å². The molecular weight excluding hydrogens is 644 g/mol. The van der Waals surface area contributed by atoms with E-state index in [-0.39, 0.29) is 12.4 Å². The first kappa shape index (κ1) is 31.4. The van der Waals surface area contributed by atoms with Gasteiger partial charge in [-0.05, 0) is 59.5 Å². The molecule has 1 atom stereocenters. The fourth-order valence-corrected chi connectivity index (χ4v) is 8.68. The first-order valence-corrected chi connectivity index (χ1v) is 17.6. The Bertz CT molecular complexity index is 2040. The van der Waals surface area contributed by atoms with Crippen LogP contribution in [-0.2, 0) is 35.5 Å². The van der Waals surface area contributed by atoms with Gasteiger partial charge >= 0.3 is 5.97 Å². The van der Waals surface area contributed by atoms with Crippen molar-refractivity contribution in [1.29, 1.82) is 0 Å². The van der Waals surface area contributed by atoms with E-state index in [1.807, 2.05) is 72.6 Å². The van der Waals surface area contributed by atoms with Crippen LogP contribution in [-0.4, -0.2) is 27.9 Å². The standard InChI is InChI=1S/C39H33ClN2O3S2/c1-25-20-32-34(45-24-31-17-14-29(22-41-31)27-8-4-3-5-9-27)19-18-33-37(32)38(46-25)39(42(33)23-26-12-15-30(40)16-13-26)47-35-11-7-6-10-28(35)21-36(43)44-2/h3-19,22,25H,20-21,23-24H2,1-2H3. The highest BCUT2D eigenvalue weighted by Gasteiger charge is 2.30. The van der Waals surface area contributed by atoms with Crippen molar-refractivity contribution in [2.75, 3.05) is 7.11 Å². The Morgan fingerprint density at radius 3 is 2.51 bits per heavy atom. The third kappa shape index (κ3) is 6.79. The topological polar surface area (TPSA) is 53.4 Å². The van der Waals surface area contributed by atoms with E-state index < -0.39 is 0 Å².